The lowest BCUT2D eigenvalue weighted by atomic mass is 10.2. The van der Waals surface area contributed by atoms with E-state index in [2.05, 4.69) is 15.4 Å². The number of thiophene rings is 1. The number of aromatic nitrogens is 3. The highest BCUT2D eigenvalue weighted by atomic mass is 32.1. The monoisotopic (exact) mass is 472 g/mol. The van der Waals surface area contributed by atoms with Crippen molar-refractivity contribution in [3.8, 4) is 16.4 Å². The molecule has 0 atom stereocenters. The quantitative estimate of drug-likeness (QED) is 0.407. The number of nitrogens with one attached hydrogen (secondary N) is 1. The number of hydrogen-bond acceptors (Lipinski definition) is 6. The number of rotatable bonds is 6. The van der Waals surface area contributed by atoms with Crippen LogP contribution in [0.25, 0.3) is 16.4 Å². The Labute approximate surface area is 189 Å². The third kappa shape index (κ3) is 5.26. The van der Waals surface area contributed by atoms with E-state index in [9.17, 15) is 22.8 Å². The van der Waals surface area contributed by atoms with Gasteiger partial charge in [0.25, 0.3) is 11.7 Å². The van der Waals surface area contributed by atoms with Gasteiger partial charge in [0.15, 0.2) is 12.4 Å². The number of nitrogens with zero attached hydrogens (tertiary/aromatic N) is 3. The zero-order valence-corrected chi connectivity index (χ0v) is 17.6. The van der Waals surface area contributed by atoms with Crippen LogP contribution in [0.15, 0.2) is 72.1 Å². The van der Waals surface area contributed by atoms with Gasteiger partial charge in [-0.05, 0) is 41.8 Å². The molecule has 0 spiro atoms. The Hall–Kier alpha value is -3.99. The second-order valence-corrected chi connectivity index (χ2v) is 7.63. The molecule has 33 heavy (non-hydrogen) atoms. The zero-order valence-electron chi connectivity index (χ0n) is 16.7. The Kier molecular flexibility index (Phi) is 6.22. The van der Waals surface area contributed by atoms with Crippen molar-refractivity contribution in [3.63, 3.8) is 0 Å². The molecule has 11 heteroatoms. The van der Waals surface area contributed by atoms with E-state index in [4.69, 9.17) is 4.74 Å². The van der Waals surface area contributed by atoms with E-state index >= 15 is 0 Å². The van der Waals surface area contributed by atoms with Crippen LogP contribution in [0.5, 0.6) is 0 Å². The number of ether oxygens (including phenoxy) is 1. The predicted octanol–water partition coefficient (Wildman–Crippen LogP) is 4.81. The smallest absolute Gasteiger partial charge is 0.416 e. The highest BCUT2D eigenvalue weighted by molar-refractivity contribution is 7.13. The molecule has 2 heterocycles. The number of benzene rings is 2. The molecule has 2 aromatic heterocycles. The molecule has 0 aliphatic rings. The summed E-state index contributed by atoms with van der Waals surface area (Å²) in [5, 5.41) is 8.38. The number of amides is 1. The zero-order chi connectivity index (χ0) is 23.4. The van der Waals surface area contributed by atoms with Crippen molar-refractivity contribution in [2.75, 3.05) is 11.9 Å². The first-order chi connectivity index (χ1) is 15.8. The van der Waals surface area contributed by atoms with Crippen molar-refractivity contribution in [2.24, 2.45) is 0 Å². The van der Waals surface area contributed by atoms with Gasteiger partial charge in [-0.3, -0.25) is 4.79 Å². The molecule has 0 radical (unpaired) electrons. The largest absolute Gasteiger partial charge is 0.450 e. The topological polar surface area (TPSA) is 86.1 Å². The van der Waals surface area contributed by atoms with Crippen LogP contribution in [0, 0.1) is 0 Å². The summed E-state index contributed by atoms with van der Waals surface area (Å²) in [6, 6.07) is 16.5. The highest BCUT2D eigenvalue weighted by Crippen LogP contribution is 2.32. The van der Waals surface area contributed by atoms with Gasteiger partial charge in [-0.2, -0.15) is 18.2 Å². The summed E-state index contributed by atoms with van der Waals surface area (Å²) in [6.07, 6.45) is -4.55. The number of carbonyl (C=O) groups is 2. The lowest BCUT2D eigenvalue weighted by Gasteiger charge is -2.09. The van der Waals surface area contributed by atoms with E-state index in [0.717, 1.165) is 16.8 Å². The highest BCUT2D eigenvalue weighted by Gasteiger charge is 2.31. The van der Waals surface area contributed by atoms with Crippen molar-refractivity contribution < 1.29 is 27.5 Å². The molecular formula is C22H15F3N4O3S. The molecule has 0 saturated heterocycles. The first-order valence-corrected chi connectivity index (χ1v) is 10.4. The van der Waals surface area contributed by atoms with Gasteiger partial charge in [-0.1, -0.05) is 30.3 Å². The van der Waals surface area contributed by atoms with Crippen LogP contribution in [0.2, 0.25) is 0 Å². The molecule has 2 aromatic carbocycles. The molecule has 4 rings (SSSR count). The lowest BCUT2D eigenvalue weighted by Crippen LogP contribution is -2.21. The molecule has 0 aliphatic carbocycles. The summed E-state index contributed by atoms with van der Waals surface area (Å²) < 4.78 is 45.6. The summed E-state index contributed by atoms with van der Waals surface area (Å²) in [5.41, 5.74) is -0.263. The van der Waals surface area contributed by atoms with Gasteiger partial charge in [0.1, 0.15) is 0 Å². The number of alkyl halides is 3. The maximum absolute atomic E-state index is 13.2. The van der Waals surface area contributed by atoms with E-state index in [1.165, 1.54) is 23.5 Å². The average molecular weight is 472 g/mol. The fourth-order valence-electron chi connectivity index (χ4n) is 2.87. The molecule has 1 amide bonds. The number of para-hydroxylation sites is 1. The van der Waals surface area contributed by atoms with E-state index in [1.807, 2.05) is 0 Å². The van der Waals surface area contributed by atoms with Gasteiger partial charge in [0.05, 0.1) is 16.1 Å². The van der Waals surface area contributed by atoms with Crippen LogP contribution in [0.4, 0.5) is 18.9 Å². The van der Waals surface area contributed by atoms with Gasteiger partial charge in [0, 0.05) is 5.69 Å². The van der Waals surface area contributed by atoms with Gasteiger partial charge in [-0.25, -0.2) is 9.48 Å². The molecule has 0 unspecified atom stereocenters. The van der Waals surface area contributed by atoms with Crippen molar-refractivity contribution >= 4 is 28.9 Å². The van der Waals surface area contributed by atoms with Crippen LogP contribution in [-0.4, -0.2) is 33.2 Å². The van der Waals surface area contributed by atoms with E-state index < -0.39 is 30.2 Å². The molecule has 168 valence electrons. The Bertz CT molecular complexity index is 1270. The minimum absolute atomic E-state index is 0.0709. The number of carbonyl (C=O) groups excluding carboxylic acids is 2. The average Bonchev–Trinajstić information content (AvgIpc) is 3.48. The summed E-state index contributed by atoms with van der Waals surface area (Å²) in [4.78, 5) is 29.2. The summed E-state index contributed by atoms with van der Waals surface area (Å²) >= 11 is 1.28. The fourth-order valence-corrected chi connectivity index (χ4v) is 3.57. The molecule has 7 nitrogen and oxygen atoms in total. The fraction of sp³-hybridized carbons (Fsp3) is 0.0909. The molecule has 1 N–H and O–H groups in total. The Morgan fingerprint density at radius 2 is 1.82 bits per heavy atom. The van der Waals surface area contributed by atoms with E-state index in [1.54, 1.807) is 47.8 Å². The summed E-state index contributed by atoms with van der Waals surface area (Å²) in [5.74, 6) is -1.76. The summed E-state index contributed by atoms with van der Waals surface area (Å²) in [6.45, 7) is -0.583. The van der Waals surface area contributed by atoms with Crippen molar-refractivity contribution in [3.05, 3.63) is 83.5 Å². The molecule has 0 aliphatic heterocycles. The second-order valence-electron chi connectivity index (χ2n) is 6.69. The van der Waals surface area contributed by atoms with Crippen molar-refractivity contribution in [1.82, 2.24) is 14.8 Å². The maximum atomic E-state index is 13.2. The molecule has 4 aromatic rings. The van der Waals surface area contributed by atoms with Crippen LogP contribution in [0.1, 0.15) is 16.2 Å². The third-order valence-electron chi connectivity index (χ3n) is 4.34. The molecule has 0 fully saturated rings. The maximum Gasteiger partial charge on any atom is 0.416 e. The van der Waals surface area contributed by atoms with Gasteiger partial charge < -0.3 is 10.1 Å². The van der Waals surface area contributed by atoms with Crippen molar-refractivity contribution in [1.29, 1.82) is 0 Å². The van der Waals surface area contributed by atoms with Gasteiger partial charge >= 0.3 is 12.1 Å². The summed E-state index contributed by atoms with van der Waals surface area (Å²) in [7, 11) is 0. The van der Waals surface area contributed by atoms with Crippen LogP contribution >= 0.6 is 11.3 Å². The first kappa shape index (κ1) is 22.2. The number of esters is 1. The van der Waals surface area contributed by atoms with Gasteiger partial charge in [-0.15, -0.1) is 16.4 Å². The second kappa shape index (κ2) is 9.25. The normalized spacial score (nSPS) is 11.2. The van der Waals surface area contributed by atoms with E-state index in [-0.39, 0.29) is 17.3 Å². The molecular weight excluding hydrogens is 457 g/mol. The predicted molar refractivity (Wildman–Crippen MR) is 115 cm³/mol. The van der Waals surface area contributed by atoms with Crippen LogP contribution in [0.3, 0.4) is 0 Å². The number of halogens is 3. The lowest BCUT2D eigenvalue weighted by molar-refractivity contribution is -0.137. The standard InChI is InChI=1S/C22H15F3N4O3S/c23-22(24,25)14-6-4-9-16(12-14)29-20(17-10-5-11-33-17)27-19(28-29)21(31)32-13-18(30)26-15-7-2-1-3-8-15/h1-12H,13H2,(H,26,30). The van der Waals surface area contributed by atoms with Gasteiger partial charge in [0.2, 0.25) is 0 Å². The number of hydrogen-bond donors (Lipinski definition) is 1. The third-order valence-corrected chi connectivity index (χ3v) is 5.21. The number of anilines is 1. The van der Waals surface area contributed by atoms with Crippen LogP contribution in [-0.2, 0) is 15.7 Å². The van der Waals surface area contributed by atoms with E-state index in [0.29, 0.717) is 10.6 Å². The molecule has 0 saturated carbocycles. The Morgan fingerprint density at radius 3 is 2.52 bits per heavy atom. The molecule has 0 bridgehead atoms. The Morgan fingerprint density at radius 1 is 1.03 bits per heavy atom. The van der Waals surface area contributed by atoms with Crippen LogP contribution < -0.4 is 5.32 Å². The first-order valence-electron chi connectivity index (χ1n) is 9.52. The minimum Gasteiger partial charge on any atom is -0.450 e. The Balaban J connectivity index is 1.57. The minimum atomic E-state index is -4.55. The van der Waals surface area contributed by atoms with Crippen molar-refractivity contribution in [2.45, 2.75) is 6.18 Å². The SMILES string of the molecule is O=C(COC(=O)c1nc(-c2cccs2)n(-c2cccc(C(F)(F)F)c2)n1)Nc1ccccc1.